The molecule has 0 unspecified atom stereocenters. The number of carbonyl (C=O) groups is 1. The Morgan fingerprint density at radius 2 is 1.83 bits per heavy atom. The number of nitrogens with zero attached hydrogens (tertiary/aromatic N) is 4. The van der Waals surface area contributed by atoms with Crippen LogP contribution in [-0.2, 0) is 0 Å². The molecular weight excluding hydrogens is 288 g/mol. The number of aromatic nitrogens is 3. The molecule has 23 heavy (non-hydrogen) atoms. The SMILES string of the molecule is O=C(c1cnn2ccncc12)N1CCCC2(CCCCC2)CC1. The first-order valence-corrected chi connectivity index (χ1v) is 8.84. The van der Waals surface area contributed by atoms with Crippen molar-refractivity contribution >= 4 is 11.4 Å². The van der Waals surface area contributed by atoms with Gasteiger partial charge in [-0.1, -0.05) is 19.3 Å². The molecule has 0 atom stereocenters. The van der Waals surface area contributed by atoms with Gasteiger partial charge in [0, 0.05) is 25.5 Å². The van der Waals surface area contributed by atoms with Crippen molar-refractivity contribution in [3.8, 4) is 0 Å². The molecule has 2 fully saturated rings. The van der Waals surface area contributed by atoms with Gasteiger partial charge in [0.05, 0.1) is 23.5 Å². The average molecular weight is 312 g/mol. The monoisotopic (exact) mass is 312 g/mol. The topological polar surface area (TPSA) is 50.5 Å². The molecule has 5 heteroatoms. The van der Waals surface area contributed by atoms with Crippen LogP contribution in [0.15, 0.2) is 24.8 Å². The van der Waals surface area contributed by atoms with Crippen molar-refractivity contribution in [2.75, 3.05) is 13.1 Å². The lowest BCUT2D eigenvalue weighted by molar-refractivity contribution is 0.0751. The maximum absolute atomic E-state index is 12.9. The van der Waals surface area contributed by atoms with Gasteiger partial charge in [0.2, 0.25) is 0 Å². The van der Waals surface area contributed by atoms with E-state index in [4.69, 9.17) is 0 Å². The van der Waals surface area contributed by atoms with E-state index in [1.54, 1.807) is 29.3 Å². The fourth-order valence-electron chi connectivity index (χ4n) is 4.43. The Hall–Kier alpha value is -1.91. The zero-order chi connectivity index (χ0) is 15.7. The van der Waals surface area contributed by atoms with Crippen LogP contribution in [0.4, 0.5) is 0 Å². The maximum atomic E-state index is 12.9. The summed E-state index contributed by atoms with van der Waals surface area (Å²) in [5, 5.41) is 4.27. The summed E-state index contributed by atoms with van der Waals surface area (Å²) in [4.78, 5) is 19.1. The molecule has 122 valence electrons. The summed E-state index contributed by atoms with van der Waals surface area (Å²) in [6.45, 7) is 1.76. The lowest BCUT2D eigenvalue weighted by Gasteiger charge is -2.36. The molecule has 2 aromatic heterocycles. The lowest BCUT2D eigenvalue weighted by Crippen LogP contribution is -2.33. The van der Waals surface area contributed by atoms with Crippen molar-refractivity contribution in [3.63, 3.8) is 0 Å². The van der Waals surface area contributed by atoms with Crippen LogP contribution in [0.3, 0.4) is 0 Å². The van der Waals surface area contributed by atoms with Gasteiger partial charge < -0.3 is 4.90 Å². The Morgan fingerprint density at radius 3 is 2.70 bits per heavy atom. The molecule has 5 nitrogen and oxygen atoms in total. The number of rotatable bonds is 1. The number of hydrogen-bond acceptors (Lipinski definition) is 3. The normalized spacial score (nSPS) is 21.5. The van der Waals surface area contributed by atoms with Gasteiger partial charge >= 0.3 is 0 Å². The van der Waals surface area contributed by atoms with Crippen molar-refractivity contribution in [1.82, 2.24) is 19.5 Å². The molecule has 1 saturated carbocycles. The van der Waals surface area contributed by atoms with Gasteiger partial charge in [-0.05, 0) is 37.5 Å². The number of hydrogen-bond donors (Lipinski definition) is 0. The Labute approximate surface area is 136 Å². The Morgan fingerprint density at radius 1 is 1.00 bits per heavy atom. The summed E-state index contributed by atoms with van der Waals surface area (Å²) in [6, 6.07) is 0. The van der Waals surface area contributed by atoms with Crippen molar-refractivity contribution in [2.24, 2.45) is 5.41 Å². The zero-order valence-corrected chi connectivity index (χ0v) is 13.6. The van der Waals surface area contributed by atoms with Crippen LogP contribution in [0.1, 0.15) is 61.7 Å². The van der Waals surface area contributed by atoms with Crippen LogP contribution in [0.2, 0.25) is 0 Å². The van der Waals surface area contributed by atoms with Gasteiger partial charge in [-0.2, -0.15) is 5.10 Å². The van der Waals surface area contributed by atoms with Crippen LogP contribution >= 0.6 is 0 Å². The Balaban J connectivity index is 1.53. The number of likely N-dealkylation sites (tertiary alicyclic amines) is 1. The summed E-state index contributed by atoms with van der Waals surface area (Å²) in [6.07, 6.45) is 17.3. The average Bonchev–Trinajstić information content (AvgIpc) is 2.92. The van der Waals surface area contributed by atoms with E-state index in [1.165, 1.54) is 38.5 Å². The highest BCUT2D eigenvalue weighted by Crippen LogP contribution is 2.44. The van der Waals surface area contributed by atoms with Crippen LogP contribution in [0.25, 0.3) is 5.52 Å². The number of fused-ring (bicyclic) bond motifs is 1. The number of amides is 1. The van der Waals surface area contributed by atoms with E-state index in [1.807, 2.05) is 4.90 Å². The fraction of sp³-hybridized carbons (Fsp3) is 0.611. The highest BCUT2D eigenvalue weighted by atomic mass is 16.2. The Bertz CT molecular complexity index is 702. The molecule has 0 bridgehead atoms. The van der Waals surface area contributed by atoms with Gasteiger partial charge in [-0.15, -0.1) is 0 Å². The summed E-state index contributed by atoms with van der Waals surface area (Å²) < 4.78 is 1.72. The van der Waals surface area contributed by atoms with Crippen LogP contribution in [0.5, 0.6) is 0 Å². The molecule has 0 radical (unpaired) electrons. The second kappa shape index (κ2) is 5.95. The first-order chi connectivity index (χ1) is 11.3. The fourth-order valence-corrected chi connectivity index (χ4v) is 4.43. The van der Waals surface area contributed by atoms with E-state index >= 15 is 0 Å². The van der Waals surface area contributed by atoms with Crippen molar-refractivity contribution in [1.29, 1.82) is 0 Å². The van der Waals surface area contributed by atoms with Crippen LogP contribution in [-0.4, -0.2) is 38.5 Å². The minimum atomic E-state index is 0.112. The zero-order valence-electron chi connectivity index (χ0n) is 13.6. The number of carbonyl (C=O) groups excluding carboxylic acids is 1. The molecule has 0 N–H and O–H groups in total. The summed E-state index contributed by atoms with van der Waals surface area (Å²) >= 11 is 0. The molecule has 1 amide bonds. The van der Waals surface area contributed by atoms with Gasteiger partial charge in [0.15, 0.2) is 0 Å². The molecule has 2 aromatic rings. The van der Waals surface area contributed by atoms with Crippen molar-refractivity contribution in [3.05, 3.63) is 30.4 Å². The molecule has 3 heterocycles. The lowest BCUT2D eigenvalue weighted by atomic mass is 9.69. The predicted octanol–water partition coefficient (Wildman–Crippen LogP) is 3.31. The van der Waals surface area contributed by atoms with Gasteiger partial charge in [-0.25, -0.2) is 4.52 Å². The van der Waals surface area contributed by atoms with E-state index in [0.29, 0.717) is 11.0 Å². The standard InChI is InChI=1S/C18H24N4O/c23-17(15-13-20-22-12-9-19-14-16(15)22)21-10-4-7-18(8-11-21)5-2-1-3-6-18/h9,12-14H,1-8,10-11H2. The van der Waals surface area contributed by atoms with Gasteiger partial charge in [0.25, 0.3) is 5.91 Å². The van der Waals surface area contributed by atoms with E-state index in [9.17, 15) is 4.79 Å². The predicted molar refractivity (Wildman–Crippen MR) is 88.3 cm³/mol. The van der Waals surface area contributed by atoms with E-state index < -0.39 is 0 Å². The first-order valence-electron chi connectivity index (χ1n) is 8.84. The summed E-state index contributed by atoms with van der Waals surface area (Å²) in [5.74, 6) is 0.112. The highest BCUT2D eigenvalue weighted by molar-refractivity contribution is 6.00. The van der Waals surface area contributed by atoms with Crippen LogP contribution < -0.4 is 0 Å². The first kappa shape index (κ1) is 14.7. The van der Waals surface area contributed by atoms with E-state index in [2.05, 4.69) is 10.1 Å². The summed E-state index contributed by atoms with van der Waals surface area (Å²) in [5.41, 5.74) is 1.99. The van der Waals surface area contributed by atoms with E-state index in [-0.39, 0.29) is 5.91 Å². The van der Waals surface area contributed by atoms with Crippen molar-refractivity contribution in [2.45, 2.75) is 51.4 Å². The molecule has 2 aliphatic rings. The second-order valence-electron chi connectivity index (χ2n) is 7.17. The molecule has 0 aromatic carbocycles. The van der Waals surface area contributed by atoms with Gasteiger partial charge in [0.1, 0.15) is 0 Å². The summed E-state index contributed by atoms with van der Waals surface area (Å²) in [7, 11) is 0. The van der Waals surface area contributed by atoms with Gasteiger partial charge in [-0.3, -0.25) is 9.78 Å². The molecule has 1 spiro atoms. The molecular formula is C18H24N4O. The third-order valence-electron chi connectivity index (χ3n) is 5.80. The molecule has 4 rings (SSSR count). The highest BCUT2D eigenvalue weighted by Gasteiger charge is 2.35. The Kier molecular flexibility index (Phi) is 3.79. The smallest absolute Gasteiger partial charge is 0.257 e. The minimum absolute atomic E-state index is 0.112. The van der Waals surface area contributed by atoms with E-state index in [0.717, 1.165) is 31.4 Å². The third kappa shape index (κ3) is 2.73. The van der Waals surface area contributed by atoms with Crippen molar-refractivity contribution < 1.29 is 4.79 Å². The van der Waals surface area contributed by atoms with Crippen LogP contribution in [0, 0.1) is 5.41 Å². The largest absolute Gasteiger partial charge is 0.339 e. The second-order valence-corrected chi connectivity index (χ2v) is 7.17. The quantitative estimate of drug-likeness (QED) is 0.812. The molecule has 1 aliphatic carbocycles. The third-order valence-corrected chi connectivity index (χ3v) is 5.80. The minimum Gasteiger partial charge on any atom is -0.339 e. The molecule has 1 aliphatic heterocycles. The maximum Gasteiger partial charge on any atom is 0.257 e. The molecule has 1 saturated heterocycles.